The lowest BCUT2D eigenvalue weighted by atomic mass is 10.1. The fourth-order valence-electron chi connectivity index (χ4n) is 3.94. The van der Waals surface area contributed by atoms with Gasteiger partial charge in [0.25, 0.3) is 0 Å². The molecule has 1 aromatic carbocycles. The van der Waals surface area contributed by atoms with Crippen LogP contribution in [0.4, 0.5) is 0 Å². The van der Waals surface area contributed by atoms with Crippen LogP contribution in [0.25, 0.3) is 0 Å². The highest BCUT2D eigenvalue weighted by Gasteiger charge is 2.14. The third-order valence-electron chi connectivity index (χ3n) is 5.73. The Bertz CT molecular complexity index is 474. The molecule has 0 aliphatic rings. The van der Waals surface area contributed by atoms with Gasteiger partial charge < -0.3 is 4.48 Å². The van der Waals surface area contributed by atoms with E-state index in [-0.39, 0.29) is 0 Å². The van der Waals surface area contributed by atoms with Gasteiger partial charge in [-0.15, -0.1) is 0 Å². The van der Waals surface area contributed by atoms with E-state index in [9.17, 15) is 0 Å². The Morgan fingerprint density at radius 1 is 0.643 bits per heavy atom. The third kappa shape index (κ3) is 14.9. The third-order valence-corrected chi connectivity index (χ3v) is 5.73. The molecule has 0 fully saturated rings. The molecule has 0 saturated heterocycles. The second-order valence-electron chi connectivity index (χ2n) is 9.24. The first kappa shape index (κ1) is 25.0. The number of hydrogen-bond donors (Lipinski definition) is 0. The van der Waals surface area contributed by atoms with Gasteiger partial charge in [-0.2, -0.15) is 0 Å². The summed E-state index contributed by atoms with van der Waals surface area (Å²) >= 11 is 0. The maximum Gasteiger partial charge on any atom is 0.104 e. The van der Waals surface area contributed by atoms with Gasteiger partial charge in [-0.05, 0) is 38.5 Å². The van der Waals surface area contributed by atoms with E-state index >= 15 is 0 Å². The van der Waals surface area contributed by atoms with Crippen molar-refractivity contribution in [1.29, 1.82) is 0 Å². The van der Waals surface area contributed by atoms with E-state index in [1.54, 1.807) is 0 Å². The van der Waals surface area contributed by atoms with Crippen LogP contribution < -0.4 is 0 Å². The smallest absolute Gasteiger partial charge is 0.104 e. The standard InChI is InChI=1S/C27H48N/c1-4-5-6-7-8-9-10-11-12-13-14-15-16-17-18-22-25-28(2,3)26-27-23-20-19-21-24-27/h11-12,19-21,23-24H,4-10,13-18,22,25-26H2,1-3H3/q+1. The molecule has 0 aliphatic carbocycles. The Hall–Kier alpha value is -1.08. The lowest BCUT2D eigenvalue weighted by molar-refractivity contribution is -0.903. The molecule has 28 heavy (non-hydrogen) atoms. The van der Waals surface area contributed by atoms with Gasteiger partial charge in [0, 0.05) is 5.56 Å². The molecule has 0 radical (unpaired) electrons. The van der Waals surface area contributed by atoms with Crippen molar-refractivity contribution < 1.29 is 4.48 Å². The fourth-order valence-corrected chi connectivity index (χ4v) is 3.94. The maximum absolute atomic E-state index is 2.43. The van der Waals surface area contributed by atoms with Crippen LogP contribution in [-0.2, 0) is 6.54 Å². The van der Waals surface area contributed by atoms with E-state index in [0.717, 1.165) is 11.0 Å². The van der Waals surface area contributed by atoms with Gasteiger partial charge in [-0.1, -0.05) is 101 Å². The first-order valence-electron chi connectivity index (χ1n) is 12.1. The SMILES string of the molecule is CCCCCCCCC=CCCCCCCCC[N+](C)(C)Cc1ccccc1. The van der Waals surface area contributed by atoms with E-state index < -0.39 is 0 Å². The van der Waals surface area contributed by atoms with E-state index in [1.165, 1.54) is 102 Å². The van der Waals surface area contributed by atoms with Crippen molar-refractivity contribution in [3.05, 3.63) is 48.0 Å². The molecule has 1 rings (SSSR count). The number of nitrogens with zero attached hydrogens (tertiary/aromatic N) is 1. The van der Waals surface area contributed by atoms with Crippen molar-refractivity contribution >= 4 is 0 Å². The van der Waals surface area contributed by atoms with Crippen LogP contribution in [0.15, 0.2) is 42.5 Å². The van der Waals surface area contributed by atoms with Crippen LogP contribution in [0.5, 0.6) is 0 Å². The molecular formula is C27H48N+. The van der Waals surface area contributed by atoms with Crippen LogP contribution in [0, 0.1) is 0 Å². The minimum Gasteiger partial charge on any atom is -0.325 e. The Labute approximate surface area is 176 Å². The highest BCUT2D eigenvalue weighted by Crippen LogP contribution is 2.13. The van der Waals surface area contributed by atoms with Crippen LogP contribution in [-0.4, -0.2) is 25.1 Å². The predicted octanol–water partition coefficient (Wildman–Crippen LogP) is 8.30. The zero-order valence-corrected chi connectivity index (χ0v) is 19.3. The highest BCUT2D eigenvalue weighted by molar-refractivity contribution is 5.13. The summed E-state index contributed by atoms with van der Waals surface area (Å²) in [7, 11) is 4.73. The molecule has 0 saturated carbocycles. The Balaban J connectivity index is 1.88. The fraction of sp³-hybridized carbons (Fsp3) is 0.704. The molecule has 0 bridgehead atoms. The summed E-state index contributed by atoms with van der Waals surface area (Å²) in [6.07, 6.45) is 24.2. The zero-order valence-electron chi connectivity index (χ0n) is 19.3. The summed E-state index contributed by atoms with van der Waals surface area (Å²) < 4.78 is 1.10. The molecule has 1 nitrogen and oxygen atoms in total. The van der Waals surface area contributed by atoms with Gasteiger partial charge >= 0.3 is 0 Å². The quantitative estimate of drug-likeness (QED) is 0.135. The van der Waals surface area contributed by atoms with Crippen molar-refractivity contribution in [3.8, 4) is 0 Å². The minimum absolute atomic E-state index is 1.10. The number of benzene rings is 1. The molecule has 0 aromatic heterocycles. The number of hydrogen-bond acceptors (Lipinski definition) is 0. The van der Waals surface area contributed by atoms with Crippen molar-refractivity contribution in [2.75, 3.05) is 20.6 Å². The molecular weight excluding hydrogens is 338 g/mol. The van der Waals surface area contributed by atoms with E-state index in [2.05, 4.69) is 63.5 Å². The van der Waals surface area contributed by atoms with E-state index in [4.69, 9.17) is 0 Å². The van der Waals surface area contributed by atoms with Gasteiger partial charge in [-0.25, -0.2) is 0 Å². The molecule has 0 unspecified atom stereocenters. The predicted molar refractivity (Wildman–Crippen MR) is 127 cm³/mol. The number of quaternary nitrogens is 1. The van der Waals surface area contributed by atoms with Crippen molar-refractivity contribution in [1.82, 2.24) is 0 Å². The molecule has 0 spiro atoms. The molecule has 0 aliphatic heterocycles. The zero-order chi connectivity index (χ0) is 20.3. The van der Waals surface area contributed by atoms with Crippen molar-refractivity contribution in [2.45, 2.75) is 103 Å². The van der Waals surface area contributed by atoms with Crippen LogP contribution in [0.2, 0.25) is 0 Å². The largest absolute Gasteiger partial charge is 0.325 e. The summed E-state index contributed by atoms with van der Waals surface area (Å²) in [6, 6.07) is 10.9. The van der Waals surface area contributed by atoms with E-state index in [1.807, 2.05) is 0 Å². The Morgan fingerprint density at radius 2 is 1.14 bits per heavy atom. The second kappa shape index (κ2) is 16.8. The number of rotatable bonds is 18. The van der Waals surface area contributed by atoms with Gasteiger partial charge in [0.15, 0.2) is 0 Å². The van der Waals surface area contributed by atoms with Crippen LogP contribution in [0.1, 0.15) is 102 Å². The average Bonchev–Trinajstić information content (AvgIpc) is 2.68. The molecule has 0 N–H and O–H groups in total. The van der Waals surface area contributed by atoms with Crippen molar-refractivity contribution in [3.63, 3.8) is 0 Å². The topological polar surface area (TPSA) is 0 Å². The van der Waals surface area contributed by atoms with Crippen molar-refractivity contribution in [2.24, 2.45) is 0 Å². The van der Waals surface area contributed by atoms with Crippen LogP contribution >= 0.6 is 0 Å². The highest BCUT2D eigenvalue weighted by atomic mass is 15.3. The van der Waals surface area contributed by atoms with E-state index in [0.29, 0.717) is 0 Å². The van der Waals surface area contributed by atoms with Gasteiger partial charge in [0.1, 0.15) is 6.54 Å². The summed E-state index contributed by atoms with van der Waals surface area (Å²) in [5, 5.41) is 0. The normalized spacial score (nSPS) is 12.1. The van der Waals surface area contributed by atoms with Gasteiger partial charge in [0.2, 0.25) is 0 Å². The van der Waals surface area contributed by atoms with Gasteiger partial charge in [0.05, 0.1) is 20.6 Å². The molecule has 0 atom stereocenters. The summed E-state index contributed by atoms with van der Waals surface area (Å²) in [5.41, 5.74) is 1.46. The summed E-state index contributed by atoms with van der Waals surface area (Å²) in [5.74, 6) is 0. The summed E-state index contributed by atoms with van der Waals surface area (Å²) in [4.78, 5) is 0. The first-order valence-corrected chi connectivity index (χ1v) is 12.1. The van der Waals surface area contributed by atoms with Gasteiger partial charge in [-0.3, -0.25) is 0 Å². The molecule has 0 amide bonds. The maximum atomic E-state index is 2.43. The minimum atomic E-state index is 1.10. The monoisotopic (exact) mass is 386 g/mol. The van der Waals surface area contributed by atoms with Crippen LogP contribution in [0.3, 0.4) is 0 Å². The average molecular weight is 387 g/mol. The molecule has 160 valence electrons. The second-order valence-corrected chi connectivity index (χ2v) is 9.24. The summed E-state index contributed by atoms with van der Waals surface area (Å²) in [6.45, 7) is 4.72. The lowest BCUT2D eigenvalue weighted by Crippen LogP contribution is -2.39. The number of allylic oxidation sites excluding steroid dienone is 2. The molecule has 1 aromatic rings. The molecule has 1 heteroatoms. The molecule has 0 heterocycles. The Morgan fingerprint density at radius 3 is 1.71 bits per heavy atom. The first-order chi connectivity index (χ1) is 13.6. The number of unbranched alkanes of at least 4 members (excludes halogenated alkanes) is 12. The Kier molecular flexibility index (Phi) is 15.0. The lowest BCUT2D eigenvalue weighted by Gasteiger charge is -2.30.